The van der Waals surface area contributed by atoms with Gasteiger partial charge in [-0.05, 0) is 23.5 Å². The van der Waals surface area contributed by atoms with Crippen LogP contribution in [0, 0.1) is 17.2 Å². The molecule has 0 aliphatic rings. The van der Waals surface area contributed by atoms with E-state index >= 15 is 0 Å². The largest absolute Gasteiger partial charge is 0.297 e. The molecule has 92 valence electrons. The van der Waals surface area contributed by atoms with Gasteiger partial charge < -0.3 is 0 Å². The van der Waals surface area contributed by atoms with E-state index < -0.39 is 0 Å². The molecule has 1 aromatic rings. The van der Waals surface area contributed by atoms with Crippen molar-refractivity contribution in [2.75, 3.05) is 6.54 Å². The molecule has 1 rings (SSSR count). The molecule has 0 aliphatic heterocycles. The molecule has 2 nitrogen and oxygen atoms in total. The van der Waals surface area contributed by atoms with Crippen LogP contribution in [-0.4, -0.2) is 6.54 Å². The minimum absolute atomic E-state index is 0.269. The van der Waals surface area contributed by atoms with Gasteiger partial charge in [-0.15, -0.1) is 0 Å². The van der Waals surface area contributed by atoms with Crippen LogP contribution in [0.1, 0.15) is 44.4 Å². The molecular formula is C15H22N2. The lowest BCUT2D eigenvalue weighted by molar-refractivity contribution is 0.430. The summed E-state index contributed by atoms with van der Waals surface area (Å²) in [4.78, 5) is 0. The predicted octanol–water partition coefficient (Wildman–Crippen LogP) is 3.45. The zero-order valence-corrected chi connectivity index (χ0v) is 11.0. The van der Waals surface area contributed by atoms with Crippen LogP contribution in [0.15, 0.2) is 24.3 Å². The second kappa shape index (κ2) is 7.09. The molecule has 0 amide bonds. The molecule has 0 aliphatic carbocycles. The van der Waals surface area contributed by atoms with Gasteiger partial charge in [0.2, 0.25) is 0 Å². The van der Waals surface area contributed by atoms with Crippen LogP contribution in [-0.2, 0) is 6.42 Å². The average molecular weight is 230 g/mol. The van der Waals surface area contributed by atoms with Crippen molar-refractivity contribution >= 4 is 0 Å². The third-order valence-electron chi connectivity index (χ3n) is 2.95. The topological polar surface area (TPSA) is 35.8 Å². The lowest BCUT2D eigenvalue weighted by atomic mass is 9.94. The highest BCUT2D eigenvalue weighted by atomic mass is 14.9. The van der Waals surface area contributed by atoms with Gasteiger partial charge in [-0.3, -0.25) is 5.32 Å². The number of hydrogen-bond donors (Lipinski definition) is 1. The Kier molecular flexibility index (Phi) is 5.72. The Morgan fingerprint density at radius 1 is 1.24 bits per heavy atom. The number of aryl methyl sites for hydroxylation is 1. The van der Waals surface area contributed by atoms with Crippen LogP contribution < -0.4 is 5.32 Å². The first-order valence-electron chi connectivity index (χ1n) is 6.38. The van der Waals surface area contributed by atoms with Crippen molar-refractivity contribution in [3.63, 3.8) is 0 Å². The number of rotatable bonds is 6. The number of nitrogens with one attached hydrogen (secondary N) is 1. The smallest absolute Gasteiger partial charge is 0.0845 e. The van der Waals surface area contributed by atoms with Crippen molar-refractivity contribution < 1.29 is 0 Å². The lowest BCUT2D eigenvalue weighted by Crippen LogP contribution is -2.26. The summed E-state index contributed by atoms with van der Waals surface area (Å²) in [6.45, 7) is 6.95. The first-order valence-corrected chi connectivity index (χ1v) is 6.38. The van der Waals surface area contributed by atoms with E-state index in [-0.39, 0.29) is 6.04 Å². The van der Waals surface area contributed by atoms with Gasteiger partial charge in [0.25, 0.3) is 0 Å². The minimum atomic E-state index is 0.269. The van der Waals surface area contributed by atoms with Gasteiger partial charge in [0.15, 0.2) is 0 Å². The summed E-state index contributed by atoms with van der Waals surface area (Å²) in [5, 5.41) is 11.9. The van der Waals surface area contributed by atoms with Crippen molar-refractivity contribution in [1.82, 2.24) is 5.32 Å². The standard InChI is InChI=1S/C15H22N2/c1-4-5-13-6-8-14(9-7-13)15(12(2)3)17-11-10-16/h6-9,12,15,17H,4-5,11H2,1-3H3. The number of nitrogens with zero attached hydrogens (tertiary/aromatic N) is 1. The highest BCUT2D eigenvalue weighted by Crippen LogP contribution is 2.22. The Morgan fingerprint density at radius 2 is 1.88 bits per heavy atom. The predicted molar refractivity (Wildman–Crippen MR) is 71.6 cm³/mol. The van der Waals surface area contributed by atoms with Crippen LogP contribution in [0.3, 0.4) is 0 Å². The van der Waals surface area contributed by atoms with E-state index in [1.165, 1.54) is 17.5 Å². The first kappa shape index (κ1) is 13.7. The third-order valence-corrected chi connectivity index (χ3v) is 2.95. The maximum Gasteiger partial charge on any atom is 0.0845 e. The molecule has 2 heteroatoms. The van der Waals surface area contributed by atoms with Crippen molar-refractivity contribution in [3.8, 4) is 6.07 Å². The highest BCUT2D eigenvalue weighted by molar-refractivity contribution is 5.25. The van der Waals surface area contributed by atoms with Crippen molar-refractivity contribution in [3.05, 3.63) is 35.4 Å². The minimum Gasteiger partial charge on any atom is -0.297 e. The molecule has 1 aromatic carbocycles. The second-order valence-corrected chi connectivity index (χ2v) is 4.75. The van der Waals surface area contributed by atoms with Crippen LogP contribution in [0.2, 0.25) is 0 Å². The van der Waals surface area contributed by atoms with E-state index in [1.54, 1.807) is 0 Å². The lowest BCUT2D eigenvalue weighted by Gasteiger charge is -2.21. The molecule has 1 unspecified atom stereocenters. The molecule has 1 N–H and O–H groups in total. The summed E-state index contributed by atoms with van der Waals surface area (Å²) in [6.07, 6.45) is 2.32. The van der Waals surface area contributed by atoms with E-state index in [4.69, 9.17) is 5.26 Å². The van der Waals surface area contributed by atoms with E-state index in [1.807, 2.05) is 0 Å². The maximum absolute atomic E-state index is 8.65. The third kappa shape index (κ3) is 4.20. The zero-order chi connectivity index (χ0) is 12.7. The number of benzene rings is 1. The highest BCUT2D eigenvalue weighted by Gasteiger charge is 2.14. The second-order valence-electron chi connectivity index (χ2n) is 4.75. The monoisotopic (exact) mass is 230 g/mol. The molecule has 0 saturated heterocycles. The Labute approximate surface area is 105 Å². The number of nitriles is 1. The Hall–Kier alpha value is -1.33. The summed E-state index contributed by atoms with van der Waals surface area (Å²) in [6, 6.07) is 11.2. The average Bonchev–Trinajstić information content (AvgIpc) is 2.31. The van der Waals surface area contributed by atoms with E-state index in [9.17, 15) is 0 Å². The van der Waals surface area contributed by atoms with Crippen molar-refractivity contribution in [2.45, 2.75) is 39.7 Å². The Bertz CT molecular complexity index is 360. The fourth-order valence-electron chi connectivity index (χ4n) is 2.07. The molecule has 0 aromatic heterocycles. The molecule has 0 saturated carbocycles. The van der Waals surface area contributed by atoms with Crippen LogP contribution in [0.4, 0.5) is 0 Å². The number of hydrogen-bond acceptors (Lipinski definition) is 2. The first-order chi connectivity index (χ1) is 8.19. The summed E-state index contributed by atoms with van der Waals surface area (Å²) >= 11 is 0. The van der Waals surface area contributed by atoms with E-state index in [2.05, 4.69) is 56.4 Å². The Balaban J connectivity index is 2.77. The molecule has 1 atom stereocenters. The van der Waals surface area contributed by atoms with Gasteiger partial charge in [-0.1, -0.05) is 51.5 Å². The summed E-state index contributed by atoms with van der Waals surface area (Å²) in [5.74, 6) is 0.486. The van der Waals surface area contributed by atoms with E-state index in [0.29, 0.717) is 12.5 Å². The molecule has 0 fully saturated rings. The Morgan fingerprint density at radius 3 is 2.35 bits per heavy atom. The molecule has 0 bridgehead atoms. The normalized spacial score (nSPS) is 12.4. The van der Waals surface area contributed by atoms with Gasteiger partial charge in [-0.2, -0.15) is 5.26 Å². The SMILES string of the molecule is CCCc1ccc(C(NCC#N)C(C)C)cc1. The summed E-state index contributed by atoms with van der Waals surface area (Å²) in [7, 11) is 0. The fraction of sp³-hybridized carbons (Fsp3) is 0.533. The molecular weight excluding hydrogens is 208 g/mol. The molecule has 0 radical (unpaired) electrons. The molecule has 17 heavy (non-hydrogen) atoms. The van der Waals surface area contributed by atoms with Crippen LogP contribution in [0.5, 0.6) is 0 Å². The van der Waals surface area contributed by atoms with Crippen LogP contribution in [0.25, 0.3) is 0 Å². The zero-order valence-electron chi connectivity index (χ0n) is 11.0. The van der Waals surface area contributed by atoms with Gasteiger partial charge in [-0.25, -0.2) is 0 Å². The van der Waals surface area contributed by atoms with Crippen molar-refractivity contribution in [2.24, 2.45) is 5.92 Å². The maximum atomic E-state index is 8.65. The van der Waals surface area contributed by atoms with Gasteiger partial charge in [0.05, 0.1) is 12.6 Å². The molecule has 0 heterocycles. The van der Waals surface area contributed by atoms with E-state index in [0.717, 1.165) is 6.42 Å². The van der Waals surface area contributed by atoms with Gasteiger partial charge in [0, 0.05) is 6.04 Å². The summed E-state index contributed by atoms with van der Waals surface area (Å²) in [5.41, 5.74) is 2.66. The van der Waals surface area contributed by atoms with Gasteiger partial charge in [0.1, 0.15) is 0 Å². The quantitative estimate of drug-likeness (QED) is 0.760. The summed E-state index contributed by atoms with van der Waals surface area (Å²) < 4.78 is 0. The van der Waals surface area contributed by atoms with Crippen molar-refractivity contribution in [1.29, 1.82) is 5.26 Å². The molecule has 0 spiro atoms. The van der Waals surface area contributed by atoms with Gasteiger partial charge >= 0.3 is 0 Å². The van der Waals surface area contributed by atoms with Crippen LogP contribution >= 0.6 is 0 Å². The fourth-order valence-corrected chi connectivity index (χ4v) is 2.07.